The first-order valence-corrected chi connectivity index (χ1v) is 11.2. The Morgan fingerprint density at radius 2 is 1.81 bits per heavy atom. The van der Waals surface area contributed by atoms with E-state index in [4.69, 9.17) is 0 Å². The normalized spacial score (nSPS) is 18.8. The average molecular weight is 357 g/mol. The fourth-order valence-corrected chi connectivity index (χ4v) is 5.14. The summed E-state index contributed by atoms with van der Waals surface area (Å²) in [5, 5.41) is 0. The topological polar surface area (TPSA) is 0 Å². The number of hydrogen-bond donors (Lipinski definition) is 0. The van der Waals surface area contributed by atoms with Crippen LogP contribution in [0, 0.1) is 0 Å². The molecule has 1 saturated carbocycles. The number of alkyl halides is 1. The fraction of sp³-hybridized carbons (Fsp3) is 0.680. The second kappa shape index (κ2) is 10.3. The van der Waals surface area contributed by atoms with Gasteiger partial charge in [0.25, 0.3) is 0 Å². The van der Waals surface area contributed by atoms with E-state index in [0.29, 0.717) is 12.3 Å². The monoisotopic (exact) mass is 356 g/mol. The van der Waals surface area contributed by atoms with E-state index in [9.17, 15) is 4.39 Å². The van der Waals surface area contributed by atoms with Gasteiger partial charge in [0.2, 0.25) is 0 Å². The molecule has 26 heavy (non-hydrogen) atoms. The molecule has 3 rings (SSSR count). The third-order valence-electron chi connectivity index (χ3n) is 6.49. The average Bonchev–Trinajstić information content (AvgIpc) is 2.70. The Labute approximate surface area is 160 Å². The van der Waals surface area contributed by atoms with Crippen molar-refractivity contribution in [2.45, 2.75) is 103 Å². The molecule has 0 nitrogen and oxygen atoms in total. The van der Waals surface area contributed by atoms with Crippen LogP contribution in [0.2, 0.25) is 0 Å². The highest BCUT2D eigenvalue weighted by molar-refractivity contribution is 5.71. The molecule has 0 spiro atoms. The van der Waals surface area contributed by atoms with Gasteiger partial charge in [-0.25, -0.2) is 0 Å². The van der Waals surface area contributed by atoms with E-state index in [2.05, 4.69) is 25.1 Å². The minimum Gasteiger partial charge on any atom is -0.251 e. The zero-order valence-corrected chi connectivity index (χ0v) is 16.8. The molecule has 0 heterocycles. The van der Waals surface area contributed by atoms with E-state index in [-0.39, 0.29) is 6.67 Å². The Bertz CT molecular complexity index is 592. The van der Waals surface area contributed by atoms with Crippen LogP contribution < -0.4 is 0 Å². The number of halogens is 1. The Balaban J connectivity index is 2.01. The van der Waals surface area contributed by atoms with Crippen LogP contribution in [0.1, 0.15) is 112 Å². The highest BCUT2D eigenvalue weighted by Gasteiger charge is 2.24. The summed E-state index contributed by atoms with van der Waals surface area (Å²) in [5.74, 6) is 0.672. The Morgan fingerprint density at radius 1 is 0.962 bits per heavy atom. The fourth-order valence-electron chi connectivity index (χ4n) is 5.14. The van der Waals surface area contributed by atoms with Crippen LogP contribution in [-0.2, 0) is 12.8 Å². The van der Waals surface area contributed by atoms with Crippen molar-refractivity contribution in [1.29, 1.82) is 0 Å². The lowest BCUT2D eigenvalue weighted by Gasteiger charge is -2.29. The van der Waals surface area contributed by atoms with Crippen LogP contribution in [0.3, 0.4) is 0 Å². The van der Waals surface area contributed by atoms with Gasteiger partial charge in [-0.15, -0.1) is 0 Å². The second-order valence-electron chi connectivity index (χ2n) is 8.37. The van der Waals surface area contributed by atoms with Gasteiger partial charge in [-0.05, 0) is 85.1 Å². The lowest BCUT2D eigenvalue weighted by Crippen LogP contribution is -2.13. The Kier molecular flexibility index (Phi) is 7.77. The molecule has 2 aliphatic rings. The molecule has 0 aliphatic heterocycles. The van der Waals surface area contributed by atoms with Crippen molar-refractivity contribution in [1.82, 2.24) is 0 Å². The van der Waals surface area contributed by atoms with E-state index >= 15 is 0 Å². The summed E-state index contributed by atoms with van der Waals surface area (Å²) in [6.07, 6.45) is 19.7. The Morgan fingerprint density at radius 3 is 2.50 bits per heavy atom. The van der Waals surface area contributed by atoms with E-state index in [0.717, 1.165) is 0 Å². The zero-order chi connectivity index (χ0) is 18.2. The molecule has 0 radical (unpaired) electrons. The van der Waals surface area contributed by atoms with Crippen LogP contribution in [0.5, 0.6) is 0 Å². The van der Waals surface area contributed by atoms with Gasteiger partial charge in [0, 0.05) is 6.42 Å². The predicted molar refractivity (Wildman–Crippen MR) is 112 cm³/mol. The predicted octanol–water partition coefficient (Wildman–Crippen LogP) is 7.94. The van der Waals surface area contributed by atoms with Crippen molar-refractivity contribution in [2.24, 2.45) is 0 Å². The number of unbranched alkanes of at least 4 members (excludes halogenated alkanes) is 2. The number of rotatable bonds is 8. The van der Waals surface area contributed by atoms with Crippen LogP contribution in [0.15, 0.2) is 18.2 Å². The first kappa shape index (κ1) is 19.6. The van der Waals surface area contributed by atoms with Crippen molar-refractivity contribution in [2.75, 3.05) is 6.67 Å². The quantitative estimate of drug-likeness (QED) is 0.415. The van der Waals surface area contributed by atoms with E-state index in [1.165, 1.54) is 106 Å². The van der Waals surface area contributed by atoms with Crippen LogP contribution in [0.4, 0.5) is 4.39 Å². The summed E-state index contributed by atoms with van der Waals surface area (Å²) >= 11 is 0. The molecule has 1 heteroatoms. The number of benzene rings is 1. The third kappa shape index (κ3) is 4.78. The number of aryl methyl sites for hydroxylation is 1. The van der Waals surface area contributed by atoms with Crippen LogP contribution in [-0.4, -0.2) is 6.67 Å². The van der Waals surface area contributed by atoms with Crippen molar-refractivity contribution >= 4 is 5.57 Å². The molecule has 0 amide bonds. The standard InChI is InChI=1S/C25H37F/c1-2-3-6-13-22-16-17-23(20-11-7-4-8-12-20)24(18-19-26)25(22)21-14-9-5-10-15-21/h11,16-17,21H,2-10,12-15,18-19H2,1H3. The molecule has 1 aromatic carbocycles. The molecule has 0 saturated heterocycles. The van der Waals surface area contributed by atoms with Gasteiger partial charge in [-0.1, -0.05) is 57.2 Å². The summed E-state index contributed by atoms with van der Waals surface area (Å²) in [5.41, 5.74) is 7.37. The van der Waals surface area contributed by atoms with Crippen LogP contribution >= 0.6 is 0 Å². The number of allylic oxidation sites excluding steroid dienone is 2. The SMILES string of the molecule is CCCCCc1ccc(C2=CCCCC2)c(CCF)c1C1CCCCC1. The molecular formula is C25H37F. The number of hydrogen-bond acceptors (Lipinski definition) is 0. The van der Waals surface area contributed by atoms with Gasteiger partial charge in [0.15, 0.2) is 0 Å². The van der Waals surface area contributed by atoms with E-state index in [1.54, 1.807) is 5.56 Å². The maximum atomic E-state index is 13.6. The van der Waals surface area contributed by atoms with E-state index in [1.807, 2.05) is 0 Å². The molecule has 1 fully saturated rings. The summed E-state index contributed by atoms with van der Waals surface area (Å²) in [6.45, 7) is 2.05. The second-order valence-corrected chi connectivity index (χ2v) is 8.37. The summed E-state index contributed by atoms with van der Waals surface area (Å²) in [6, 6.07) is 4.75. The summed E-state index contributed by atoms with van der Waals surface area (Å²) in [7, 11) is 0. The highest BCUT2D eigenvalue weighted by atomic mass is 19.1. The molecule has 0 unspecified atom stereocenters. The van der Waals surface area contributed by atoms with Crippen molar-refractivity contribution in [3.63, 3.8) is 0 Å². The molecule has 0 bridgehead atoms. The largest absolute Gasteiger partial charge is 0.251 e. The van der Waals surface area contributed by atoms with Gasteiger partial charge in [0.05, 0.1) is 6.67 Å². The maximum Gasteiger partial charge on any atom is 0.0935 e. The highest BCUT2D eigenvalue weighted by Crippen LogP contribution is 2.41. The lowest BCUT2D eigenvalue weighted by molar-refractivity contribution is 0.435. The summed E-state index contributed by atoms with van der Waals surface area (Å²) in [4.78, 5) is 0. The van der Waals surface area contributed by atoms with E-state index < -0.39 is 0 Å². The molecule has 0 aromatic heterocycles. The molecule has 0 N–H and O–H groups in total. The minimum absolute atomic E-state index is 0.224. The van der Waals surface area contributed by atoms with Gasteiger partial charge >= 0.3 is 0 Å². The van der Waals surface area contributed by atoms with Crippen molar-refractivity contribution < 1.29 is 4.39 Å². The molecule has 144 valence electrons. The minimum atomic E-state index is -0.224. The molecule has 0 atom stereocenters. The van der Waals surface area contributed by atoms with Gasteiger partial charge < -0.3 is 0 Å². The van der Waals surface area contributed by atoms with Gasteiger partial charge in [-0.3, -0.25) is 4.39 Å². The van der Waals surface area contributed by atoms with Crippen LogP contribution in [0.25, 0.3) is 5.57 Å². The lowest BCUT2D eigenvalue weighted by atomic mass is 9.76. The third-order valence-corrected chi connectivity index (χ3v) is 6.49. The molecule has 1 aromatic rings. The first-order chi connectivity index (χ1) is 12.8. The smallest absolute Gasteiger partial charge is 0.0935 e. The Hall–Kier alpha value is -1.11. The summed E-state index contributed by atoms with van der Waals surface area (Å²) < 4.78 is 13.6. The maximum absolute atomic E-state index is 13.6. The molecule has 2 aliphatic carbocycles. The first-order valence-electron chi connectivity index (χ1n) is 11.2. The van der Waals surface area contributed by atoms with Crippen molar-refractivity contribution in [3.05, 3.63) is 40.5 Å². The zero-order valence-electron chi connectivity index (χ0n) is 16.8. The van der Waals surface area contributed by atoms with Gasteiger partial charge in [-0.2, -0.15) is 0 Å². The van der Waals surface area contributed by atoms with Gasteiger partial charge in [0.1, 0.15) is 0 Å². The molecular weight excluding hydrogens is 319 g/mol. The van der Waals surface area contributed by atoms with Crippen molar-refractivity contribution in [3.8, 4) is 0 Å².